The van der Waals surface area contributed by atoms with Crippen LogP contribution >= 0.6 is 11.3 Å². The Morgan fingerprint density at radius 1 is 1.47 bits per heavy atom. The number of hydrogen-bond donors (Lipinski definition) is 1. The van der Waals surface area contributed by atoms with E-state index in [1.807, 2.05) is 13.1 Å². The highest BCUT2D eigenvalue weighted by Crippen LogP contribution is 2.22. The highest BCUT2D eigenvalue weighted by molar-refractivity contribution is 7.07. The van der Waals surface area contributed by atoms with Crippen LogP contribution in [0.5, 0.6) is 0 Å². The lowest BCUT2D eigenvalue weighted by molar-refractivity contribution is 0.860. The van der Waals surface area contributed by atoms with Gasteiger partial charge in [0.1, 0.15) is 11.6 Å². The van der Waals surface area contributed by atoms with Crippen molar-refractivity contribution in [3.63, 3.8) is 0 Å². The van der Waals surface area contributed by atoms with Gasteiger partial charge in [-0.3, -0.25) is 0 Å². The molecule has 2 rings (SSSR count). The molecule has 0 aliphatic rings. The van der Waals surface area contributed by atoms with Crippen molar-refractivity contribution in [3.8, 4) is 0 Å². The zero-order chi connectivity index (χ0) is 12.3. The number of nitrogens with zero attached hydrogens (tertiary/aromatic N) is 2. The van der Waals surface area contributed by atoms with Crippen molar-refractivity contribution in [3.05, 3.63) is 40.0 Å². The predicted octanol–water partition coefficient (Wildman–Crippen LogP) is 3.58. The van der Waals surface area contributed by atoms with E-state index in [1.165, 1.54) is 5.56 Å². The van der Waals surface area contributed by atoms with E-state index in [1.54, 1.807) is 11.3 Å². The van der Waals surface area contributed by atoms with E-state index in [0.29, 0.717) is 0 Å². The molecule has 1 N–H and O–H groups in total. The minimum atomic E-state index is 0.279. The second-order valence-electron chi connectivity index (χ2n) is 4.07. The molecule has 4 heteroatoms. The molecule has 3 nitrogen and oxygen atoms in total. The van der Waals surface area contributed by atoms with Crippen LogP contribution in [0, 0.1) is 6.92 Å². The van der Waals surface area contributed by atoms with Gasteiger partial charge in [0, 0.05) is 11.8 Å². The van der Waals surface area contributed by atoms with Crippen LogP contribution in [0.25, 0.3) is 0 Å². The van der Waals surface area contributed by atoms with Gasteiger partial charge in [-0.2, -0.15) is 11.3 Å². The molecule has 1 atom stereocenters. The molecule has 0 saturated heterocycles. The number of aromatic nitrogens is 2. The molecular weight excluding hydrogens is 230 g/mol. The SMILES string of the molecule is CCc1cnc(C)nc1NC(C)c1ccsc1. The first-order valence-electron chi connectivity index (χ1n) is 5.82. The van der Waals surface area contributed by atoms with E-state index >= 15 is 0 Å². The molecule has 2 aromatic rings. The highest BCUT2D eigenvalue weighted by atomic mass is 32.1. The van der Waals surface area contributed by atoms with Gasteiger partial charge in [0.25, 0.3) is 0 Å². The van der Waals surface area contributed by atoms with Crippen LogP contribution in [0.3, 0.4) is 0 Å². The molecule has 0 bridgehead atoms. The Morgan fingerprint density at radius 3 is 2.94 bits per heavy atom. The molecule has 0 fully saturated rings. The van der Waals surface area contributed by atoms with Crippen LogP contribution in [0.2, 0.25) is 0 Å². The van der Waals surface area contributed by atoms with Crippen LogP contribution in [0.4, 0.5) is 5.82 Å². The van der Waals surface area contributed by atoms with Crippen molar-refractivity contribution in [2.24, 2.45) is 0 Å². The summed E-state index contributed by atoms with van der Waals surface area (Å²) in [4.78, 5) is 8.71. The summed E-state index contributed by atoms with van der Waals surface area (Å²) < 4.78 is 0. The normalized spacial score (nSPS) is 12.4. The average molecular weight is 247 g/mol. The number of hydrogen-bond acceptors (Lipinski definition) is 4. The van der Waals surface area contributed by atoms with Gasteiger partial charge in [0.05, 0.1) is 6.04 Å². The van der Waals surface area contributed by atoms with Gasteiger partial charge >= 0.3 is 0 Å². The number of anilines is 1. The van der Waals surface area contributed by atoms with Gasteiger partial charge in [-0.15, -0.1) is 0 Å². The molecule has 0 spiro atoms. The molecule has 0 aromatic carbocycles. The zero-order valence-corrected chi connectivity index (χ0v) is 11.2. The van der Waals surface area contributed by atoms with Crippen LogP contribution in [-0.4, -0.2) is 9.97 Å². The monoisotopic (exact) mass is 247 g/mol. The van der Waals surface area contributed by atoms with Crippen LogP contribution in [0.1, 0.15) is 36.8 Å². The molecule has 0 amide bonds. The smallest absolute Gasteiger partial charge is 0.133 e. The van der Waals surface area contributed by atoms with Gasteiger partial charge in [0.2, 0.25) is 0 Å². The summed E-state index contributed by atoms with van der Waals surface area (Å²) in [5, 5.41) is 7.72. The summed E-state index contributed by atoms with van der Waals surface area (Å²) in [6.45, 7) is 6.19. The summed E-state index contributed by atoms with van der Waals surface area (Å²) in [6, 6.07) is 2.42. The topological polar surface area (TPSA) is 37.8 Å². The fraction of sp³-hybridized carbons (Fsp3) is 0.385. The van der Waals surface area contributed by atoms with Crippen LogP contribution in [0.15, 0.2) is 23.0 Å². The first-order valence-corrected chi connectivity index (χ1v) is 6.76. The number of rotatable bonds is 4. The van der Waals surface area contributed by atoms with E-state index in [2.05, 4.69) is 46.0 Å². The maximum atomic E-state index is 4.48. The van der Waals surface area contributed by atoms with Gasteiger partial charge < -0.3 is 5.32 Å². The molecule has 0 aliphatic heterocycles. The van der Waals surface area contributed by atoms with Crippen molar-refractivity contribution in [2.75, 3.05) is 5.32 Å². The van der Waals surface area contributed by atoms with Crippen molar-refractivity contribution in [2.45, 2.75) is 33.2 Å². The Labute approximate surface area is 106 Å². The van der Waals surface area contributed by atoms with Crippen LogP contribution in [-0.2, 0) is 6.42 Å². The second-order valence-corrected chi connectivity index (χ2v) is 4.85. The summed E-state index contributed by atoms with van der Waals surface area (Å²) in [5.41, 5.74) is 2.46. The van der Waals surface area contributed by atoms with E-state index in [9.17, 15) is 0 Å². The summed E-state index contributed by atoms with van der Waals surface area (Å²) in [5.74, 6) is 1.76. The van der Waals surface area contributed by atoms with Crippen molar-refractivity contribution in [1.29, 1.82) is 0 Å². The first kappa shape index (κ1) is 12.0. The Hall–Kier alpha value is -1.42. The average Bonchev–Trinajstić information content (AvgIpc) is 2.83. The molecule has 1 unspecified atom stereocenters. The van der Waals surface area contributed by atoms with E-state index in [-0.39, 0.29) is 6.04 Å². The molecule has 17 heavy (non-hydrogen) atoms. The second kappa shape index (κ2) is 5.27. The van der Waals surface area contributed by atoms with Crippen molar-refractivity contribution < 1.29 is 0 Å². The lowest BCUT2D eigenvalue weighted by Crippen LogP contribution is -2.10. The summed E-state index contributed by atoms with van der Waals surface area (Å²) in [7, 11) is 0. The van der Waals surface area contributed by atoms with E-state index in [4.69, 9.17) is 0 Å². The van der Waals surface area contributed by atoms with Crippen molar-refractivity contribution >= 4 is 17.2 Å². The molecular formula is C13H17N3S. The highest BCUT2D eigenvalue weighted by Gasteiger charge is 2.09. The molecule has 0 radical (unpaired) electrons. The Balaban J connectivity index is 2.20. The van der Waals surface area contributed by atoms with Crippen molar-refractivity contribution in [1.82, 2.24) is 9.97 Å². The number of aryl methyl sites for hydroxylation is 2. The Kier molecular flexibility index (Phi) is 3.74. The predicted molar refractivity (Wildman–Crippen MR) is 72.5 cm³/mol. The minimum absolute atomic E-state index is 0.279. The lowest BCUT2D eigenvalue weighted by Gasteiger charge is -2.16. The molecule has 2 aromatic heterocycles. The van der Waals surface area contributed by atoms with Gasteiger partial charge in [-0.25, -0.2) is 9.97 Å². The van der Waals surface area contributed by atoms with Gasteiger partial charge in [0.15, 0.2) is 0 Å². The molecule has 2 heterocycles. The number of nitrogens with one attached hydrogen (secondary N) is 1. The fourth-order valence-electron chi connectivity index (χ4n) is 1.69. The third kappa shape index (κ3) is 2.82. The third-order valence-electron chi connectivity index (χ3n) is 2.76. The Morgan fingerprint density at radius 2 is 2.29 bits per heavy atom. The standard InChI is InChI=1S/C13H17N3S/c1-4-11-7-14-10(3)16-13(11)15-9(2)12-5-6-17-8-12/h5-9H,4H2,1-3H3,(H,14,15,16). The zero-order valence-electron chi connectivity index (χ0n) is 10.4. The van der Waals surface area contributed by atoms with Crippen LogP contribution < -0.4 is 5.32 Å². The van der Waals surface area contributed by atoms with E-state index < -0.39 is 0 Å². The van der Waals surface area contributed by atoms with Gasteiger partial charge in [-0.1, -0.05) is 6.92 Å². The Bertz CT molecular complexity index is 479. The molecule has 0 aliphatic carbocycles. The third-order valence-corrected chi connectivity index (χ3v) is 3.46. The largest absolute Gasteiger partial charge is 0.363 e. The maximum absolute atomic E-state index is 4.48. The number of thiophene rings is 1. The first-order chi connectivity index (χ1) is 8.20. The summed E-state index contributed by atoms with van der Waals surface area (Å²) in [6.07, 6.45) is 2.85. The minimum Gasteiger partial charge on any atom is -0.363 e. The van der Waals surface area contributed by atoms with E-state index in [0.717, 1.165) is 23.6 Å². The quantitative estimate of drug-likeness (QED) is 0.897. The summed E-state index contributed by atoms with van der Waals surface area (Å²) >= 11 is 1.72. The lowest BCUT2D eigenvalue weighted by atomic mass is 10.1. The fourth-order valence-corrected chi connectivity index (χ4v) is 2.44. The maximum Gasteiger partial charge on any atom is 0.133 e. The molecule has 90 valence electrons. The van der Waals surface area contributed by atoms with Gasteiger partial charge in [-0.05, 0) is 42.7 Å². The molecule has 0 saturated carbocycles.